The van der Waals surface area contributed by atoms with Crippen LogP contribution in [0.2, 0.25) is 18.1 Å². The molecule has 118 valence electrons. The summed E-state index contributed by atoms with van der Waals surface area (Å²) in [6, 6.07) is 0. The molecule has 1 heterocycles. The molecule has 1 aliphatic heterocycles. The fraction of sp³-hybridized carbons (Fsp3) is 1.00. The smallest absolute Gasteiger partial charge is 0.192 e. The monoisotopic (exact) mass is 300 g/mol. The van der Waals surface area contributed by atoms with E-state index in [9.17, 15) is 0 Å². The standard InChI is InChI=1S/C16H32O3Si/c1-16(2,3)20(4,5)19-14-10-9-13(12-14)18-15-8-6-7-11-17-15/h13-15H,6-12H2,1-5H3/t13-,14+,15?/m0/s1. The highest BCUT2D eigenvalue weighted by molar-refractivity contribution is 6.74. The summed E-state index contributed by atoms with van der Waals surface area (Å²) in [5.41, 5.74) is 0. The van der Waals surface area contributed by atoms with Gasteiger partial charge in [-0.1, -0.05) is 20.8 Å². The fourth-order valence-electron chi connectivity index (χ4n) is 2.76. The third kappa shape index (κ3) is 4.29. The average molecular weight is 301 g/mol. The summed E-state index contributed by atoms with van der Waals surface area (Å²) in [4.78, 5) is 0. The lowest BCUT2D eigenvalue weighted by atomic mass is 10.2. The number of hydrogen-bond acceptors (Lipinski definition) is 3. The van der Waals surface area contributed by atoms with Gasteiger partial charge in [0.15, 0.2) is 14.6 Å². The Morgan fingerprint density at radius 1 is 1.00 bits per heavy atom. The van der Waals surface area contributed by atoms with E-state index in [0.29, 0.717) is 17.2 Å². The van der Waals surface area contributed by atoms with Gasteiger partial charge in [-0.25, -0.2) is 0 Å². The Kier molecular flexibility index (Phi) is 5.33. The van der Waals surface area contributed by atoms with Crippen molar-refractivity contribution in [2.24, 2.45) is 0 Å². The van der Waals surface area contributed by atoms with Gasteiger partial charge in [-0.2, -0.15) is 0 Å². The zero-order valence-corrected chi connectivity index (χ0v) is 14.9. The van der Waals surface area contributed by atoms with Crippen LogP contribution in [0.1, 0.15) is 59.3 Å². The first-order valence-corrected chi connectivity index (χ1v) is 11.1. The van der Waals surface area contributed by atoms with Crippen LogP contribution in [0.15, 0.2) is 0 Å². The van der Waals surface area contributed by atoms with E-state index in [4.69, 9.17) is 13.9 Å². The molecule has 0 amide bonds. The molecule has 20 heavy (non-hydrogen) atoms. The van der Waals surface area contributed by atoms with Crippen molar-refractivity contribution in [1.82, 2.24) is 0 Å². The molecule has 3 atom stereocenters. The van der Waals surface area contributed by atoms with Crippen molar-refractivity contribution in [3.63, 3.8) is 0 Å². The summed E-state index contributed by atoms with van der Waals surface area (Å²) in [6.07, 6.45) is 7.57. The summed E-state index contributed by atoms with van der Waals surface area (Å²) >= 11 is 0. The maximum absolute atomic E-state index is 6.50. The Labute approximate surface area is 125 Å². The Hall–Kier alpha value is 0.0969. The van der Waals surface area contributed by atoms with Gasteiger partial charge in [0.25, 0.3) is 0 Å². The Balaban J connectivity index is 1.77. The van der Waals surface area contributed by atoms with E-state index in [2.05, 4.69) is 33.9 Å². The molecule has 0 aromatic rings. The zero-order chi connectivity index (χ0) is 14.8. The van der Waals surface area contributed by atoms with Crippen molar-refractivity contribution >= 4 is 8.32 Å². The average Bonchev–Trinajstić information content (AvgIpc) is 2.75. The van der Waals surface area contributed by atoms with Crippen molar-refractivity contribution in [3.05, 3.63) is 0 Å². The molecule has 0 aromatic heterocycles. The van der Waals surface area contributed by atoms with Gasteiger partial charge in [0.2, 0.25) is 0 Å². The van der Waals surface area contributed by atoms with Crippen LogP contribution in [0.25, 0.3) is 0 Å². The van der Waals surface area contributed by atoms with Gasteiger partial charge in [-0.15, -0.1) is 0 Å². The quantitative estimate of drug-likeness (QED) is 0.717. The molecular weight excluding hydrogens is 268 g/mol. The molecule has 0 radical (unpaired) electrons. The van der Waals surface area contributed by atoms with E-state index >= 15 is 0 Å². The first-order valence-electron chi connectivity index (χ1n) is 8.23. The van der Waals surface area contributed by atoms with Gasteiger partial charge in [0.1, 0.15) is 0 Å². The molecule has 1 saturated carbocycles. The minimum absolute atomic E-state index is 0.0420. The Morgan fingerprint density at radius 2 is 1.70 bits per heavy atom. The lowest BCUT2D eigenvalue weighted by molar-refractivity contribution is -0.187. The molecule has 2 fully saturated rings. The second-order valence-electron chi connectivity index (χ2n) is 7.87. The number of rotatable bonds is 4. The van der Waals surface area contributed by atoms with Gasteiger partial charge >= 0.3 is 0 Å². The van der Waals surface area contributed by atoms with Gasteiger partial charge in [-0.05, 0) is 56.7 Å². The minimum atomic E-state index is -1.64. The summed E-state index contributed by atoms with van der Waals surface area (Å²) in [5.74, 6) is 0. The lowest BCUT2D eigenvalue weighted by Gasteiger charge is -2.38. The molecule has 1 aliphatic carbocycles. The highest BCUT2D eigenvalue weighted by Crippen LogP contribution is 2.40. The molecule has 3 nitrogen and oxygen atoms in total. The molecule has 1 saturated heterocycles. The summed E-state index contributed by atoms with van der Waals surface area (Å²) in [5, 5.41) is 0.290. The third-order valence-electron chi connectivity index (χ3n) is 5.09. The first kappa shape index (κ1) is 16.5. The Bertz CT molecular complexity index is 305. The number of ether oxygens (including phenoxy) is 2. The van der Waals surface area contributed by atoms with E-state index in [1.807, 2.05) is 0 Å². The second kappa shape index (κ2) is 6.47. The van der Waals surface area contributed by atoms with Crippen molar-refractivity contribution in [3.8, 4) is 0 Å². The summed E-state index contributed by atoms with van der Waals surface area (Å²) in [6.45, 7) is 12.5. The minimum Gasteiger partial charge on any atom is -0.414 e. The molecule has 4 heteroatoms. The first-order chi connectivity index (χ1) is 9.28. The lowest BCUT2D eigenvalue weighted by Crippen LogP contribution is -2.43. The van der Waals surface area contributed by atoms with Crippen LogP contribution >= 0.6 is 0 Å². The van der Waals surface area contributed by atoms with Crippen molar-refractivity contribution in [1.29, 1.82) is 0 Å². The van der Waals surface area contributed by atoms with Gasteiger partial charge in [0.05, 0.1) is 6.10 Å². The zero-order valence-electron chi connectivity index (χ0n) is 13.9. The van der Waals surface area contributed by atoms with Crippen LogP contribution in [-0.2, 0) is 13.9 Å². The predicted molar refractivity (Wildman–Crippen MR) is 84.4 cm³/mol. The van der Waals surface area contributed by atoms with E-state index in [0.717, 1.165) is 32.3 Å². The van der Waals surface area contributed by atoms with E-state index < -0.39 is 8.32 Å². The number of hydrogen-bond donors (Lipinski definition) is 0. The van der Waals surface area contributed by atoms with E-state index in [1.54, 1.807) is 0 Å². The summed E-state index contributed by atoms with van der Waals surface area (Å²) < 4.78 is 18.3. The van der Waals surface area contributed by atoms with E-state index in [1.165, 1.54) is 12.8 Å². The van der Waals surface area contributed by atoms with Crippen molar-refractivity contribution in [2.45, 2.75) is 95.9 Å². The predicted octanol–water partition coefficient (Wildman–Crippen LogP) is 4.47. The summed E-state index contributed by atoms with van der Waals surface area (Å²) in [7, 11) is -1.64. The van der Waals surface area contributed by atoms with Crippen LogP contribution < -0.4 is 0 Å². The fourth-order valence-corrected chi connectivity index (χ4v) is 4.16. The molecule has 0 bridgehead atoms. The molecule has 0 aromatic carbocycles. The van der Waals surface area contributed by atoms with Crippen molar-refractivity contribution in [2.75, 3.05) is 6.61 Å². The SMILES string of the molecule is CC(C)(C)[Si](C)(C)O[C@@H]1CC[C@H](OC2CCCCO2)C1. The van der Waals surface area contributed by atoms with Crippen LogP contribution in [0, 0.1) is 0 Å². The Morgan fingerprint density at radius 3 is 2.30 bits per heavy atom. The second-order valence-corrected chi connectivity index (χ2v) is 12.6. The molecule has 0 spiro atoms. The van der Waals surface area contributed by atoms with E-state index in [-0.39, 0.29) is 6.29 Å². The largest absolute Gasteiger partial charge is 0.414 e. The molecule has 0 N–H and O–H groups in total. The van der Waals surface area contributed by atoms with Gasteiger partial charge in [0, 0.05) is 12.7 Å². The molecule has 2 rings (SSSR count). The van der Waals surface area contributed by atoms with Gasteiger partial charge < -0.3 is 13.9 Å². The molecule has 1 unspecified atom stereocenters. The topological polar surface area (TPSA) is 27.7 Å². The maximum Gasteiger partial charge on any atom is 0.192 e. The van der Waals surface area contributed by atoms with Crippen LogP contribution in [0.4, 0.5) is 0 Å². The normalized spacial score (nSPS) is 32.5. The van der Waals surface area contributed by atoms with Crippen LogP contribution in [-0.4, -0.2) is 33.4 Å². The van der Waals surface area contributed by atoms with Gasteiger partial charge in [-0.3, -0.25) is 0 Å². The molecular formula is C16H32O3Si. The maximum atomic E-state index is 6.50. The highest BCUT2D eigenvalue weighted by Gasteiger charge is 2.41. The van der Waals surface area contributed by atoms with Crippen molar-refractivity contribution < 1.29 is 13.9 Å². The van der Waals surface area contributed by atoms with Crippen LogP contribution in [0.5, 0.6) is 0 Å². The third-order valence-corrected chi connectivity index (χ3v) is 9.62. The highest BCUT2D eigenvalue weighted by atomic mass is 28.4. The van der Waals surface area contributed by atoms with Crippen LogP contribution in [0.3, 0.4) is 0 Å². The molecule has 2 aliphatic rings.